The van der Waals surface area contributed by atoms with Gasteiger partial charge in [-0.3, -0.25) is 4.90 Å². The fourth-order valence-corrected chi connectivity index (χ4v) is 3.68. The Morgan fingerprint density at radius 1 is 1.17 bits per heavy atom. The molecule has 1 atom stereocenters. The van der Waals surface area contributed by atoms with E-state index in [2.05, 4.69) is 24.8 Å². The molecule has 3 rings (SSSR count). The largest absolute Gasteiger partial charge is 0.491 e. The summed E-state index contributed by atoms with van der Waals surface area (Å²) in [4.78, 5) is 2.30. The smallest absolute Gasteiger partial charge is 0.119 e. The molecule has 1 aromatic rings. The number of aryl methyl sites for hydroxylation is 2. The number of aliphatic hydroxyl groups excluding tert-OH is 1. The van der Waals surface area contributed by atoms with Crippen molar-refractivity contribution in [2.75, 3.05) is 46.1 Å². The van der Waals surface area contributed by atoms with Crippen LogP contribution >= 0.6 is 0 Å². The Balaban J connectivity index is 1.48. The molecule has 5 heteroatoms. The Hall–Kier alpha value is -1.14. The highest BCUT2D eigenvalue weighted by Crippen LogP contribution is 2.29. The van der Waals surface area contributed by atoms with Crippen LogP contribution in [0.1, 0.15) is 24.0 Å². The van der Waals surface area contributed by atoms with Crippen LogP contribution in [0.15, 0.2) is 18.2 Å². The summed E-state index contributed by atoms with van der Waals surface area (Å²) < 4.78 is 17.3. The summed E-state index contributed by atoms with van der Waals surface area (Å²) in [5.74, 6) is 0.828. The predicted molar refractivity (Wildman–Crippen MR) is 92.6 cm³/mol. The van der Waals surface area contributed by atoms with Crippen LogP contribution in [-0.4, -0.2) is 67.8 Å². The molecule has 2 aliphatic heterocycles. The van der Waals surface area contributed by atoms with Crippen LogP contribution in [-0.2, 0) is 9.47 Å². The number of morpholine rings is 1. The van der Waals surface area contributed by atoms with Gasteiger partial charge in [0.1, 0.15) is 18.5 Å². The zero-order chi connectivity index (χ0) is 17.0. The average molecular weight is 335 g/mol. The lowest BCUT2D eigenvalue weighted by Crippen LogP contribution is -2.55. The van der Waals surface area contributed by atoms with Gasteiger partial charge in [-0.1, -0.05) is 6.07 Å². The Kier molecular flexibility index (Phi) is 5.76. The van der Waals surface area contributed by atoms with Crippen LogP contribution < -0.4 is 4.74 Å². The first kappa shape index (κ1) is 17.7. The maximum absolute atomic E-state index is 10.4. The number of ether oxygens (including phenoxy) is 3. The normalized spacial score (nSPS) is 22.5. The van der Waals surface area contributed by atoms with Gasteiger partial charge in [-0.15, -0.1) is 0 Å². The third-order valence-electron chi connectivity index (χ3n) is 4.84. The van der Waals surface area contributed by atoms with Crippen molar-refractivity contribution in [1.82, 2.24) is 4.90 Å². The van der Waals surface area contributed by atoms with E-state index in [0.29, 0.717) is 13.2 Å². The van der Waals surface area contributed by atoms with Gasteiger partial charge in [0.2, 0.25) is 0 Å². The van der Waals surface area contributed by atoms with Crippen LogP contribution in [0.3, 0.4) is 0 Å². The molecule has 5 nitrogen and oxygen atoms in total. The van der Waals surface area contributed by atoms with E-state index in [-0.39, 0.29) is 5.60 Å². The topological polar surface area (TPSA) is 51.2 Å². The molecule has 1 aromatic carbocycles. The van der Waals surface area contributed by atoms with Crippen LogP contribution in [0.2, 0.25) is 0 Å². The van der Waals surface area contributed by atoms with Gasteiger partial charge in [-0.05, 0) is 37.1 Å². The molecular weight excluding hydrogens is 306 g/mol. The Morgan fingerprint density at radius 2 is 1.88 bits per heavy atom. The maximum Gasteiger partial charge on any atom is 0.119 e. The van der Waals surface area contributed by atoms with Gasteiger partial charge in [-0.2, -0.15) is 0 Å². The molecule has 0 aliphatic carbocycles. The number of β-amino-alcohol motifs (C(OH)–C–C–N with tert-alkyl or cyclic N) is 1. The lowest BCUT2D eigenvalue weighted by Gasteiger charge is -2.45. The molecule has 0 aromatic heterocycles. The van der Waals surface area contributed by atoms with Gasteiger partial charge in [0.05, 0.1) is 12.2 Å². The minimum absolute atomic E-state index is 0.0786. The number of aliphatic hydroxyl groups is 1. The average Bonchev–Trinajstić information content (AvgIpc) is 2.53. The molecule has 1 spiro atoms. The predicted octanol–water partition coefficient (Wildman–Crippen LogP) is 1.92. The molecule has 2 saturated heterocycles. The molecule has 0 radical (unpaired) electrons. The summed E-state index contributed by atoms with van der Waals surface area (Å²) in [7, 11) is 0. The maximum atomic E-state index is 10.4. The van der Waals surface area contributed by atoms with Gasteiger partial charge in [0, 0.05) is 45.7 Å². The molecule has 134 valence electrons. The lowest BCUT2D eigenvalue weighted by atomic mass is 9.92. The highest BCUT2D eigenvalue weighted by molar-refractivity contribution is 5.32. The van der Waals surface area contributed by atoms with Gasteiger partial charge >= 0.3 is 0 Å². The van der Waals surface area contributed by atoms with E-state index in [1.807, 2.05) is 12.1 Å². The molecule has 24 heavy (non-hydrogen) atoms. The van der Waals surface area contributed by atoms with Crippen molar-refractivity contribution in [3.63, 3.8) is 0 Å². The van der Waals surface area contributed by atoms with Crippen LogP contribution in [0, 0.1) is 13.8 Å². The fourth-order valence-electron chi connectivity index (χ4n) is 3.68. The zero-order valence-corrected chi connectivity index (χ0v) is 14.8. The third kappa shape index (κ3) is 4.70. The Morgan fingerprint density at radius 3 is 2.58 bits per heavy atom. The van der Waals surface area contributed by atoms with Crippen molar-refractivity contribution < 1.29 is 19.3 Å². The van der Waals surface area contributed by atoms with Crippen LogP contribution in [0.4, 0.5) is 0 Å². The molecule has 0 bridgehead atoms. The van der Waals surface area contributed by atoms with Crippen molar-refractivity contribution >= 4 is 0 Å². The van der Waals surface area contributed by atoms with Gasteiger partial charge < -0.3 is 19.3 Å². The van der Waals surface area contributed by atoms with Crippen LogP contribution in [0.25, 0.3) is 0 Å². The highest BCUT2D eigenvalue weighted by Gasteiger charge is 2.38. The quantitative estimate of drug-likeness (QED) is 0.891. The number of nitrogens with zero attached hydrogens (tertiary/aromatic N) is 1. The second-order valence-electron chi connectivity index (χ2n) is 7.17. The monoisotopic (exact) mass is 335 g/mol. The second-order valence-corrected chi connectivity index (χ2v) is 7.17. The van der Waals surface area contributed by atoms with Crippen molar-refractivity contribution in [3.05, 3.63) is 29.3 Å². The molecule has 1 unspecified atom stereocenters. The minimum Gasteiger partial charge on any atom is -0.491 e. The van der Waals surface area contributed by atoms with Gasteiger partial charge in [0.25, 0.3) is 0 Å². The molecule has 2 fully saturated rings. The van der Waals surface area contributed by atoms with E-state index in [9.17, 15) is 5.11 Å². The van der Waals surface area contributed by atoms with Crippen LogP contribution in [0.5, 0.6) is 5.75 Å². The Bertz CT molecular complexity index is 516. The van der Waals surface area contributed by atoms with E-state index >= 15 is 0 Å². The van der Waals surface area contributed by atoms with Crippen molar-refractivity contribution in [1.29, 1.82) is 0 Å². The summed E-state index contributed by atoms with van der Waals surface area (Å²) >= 11 is 0. The third-order valence-corrected chi connectivity index (χ3v) is 4.84. The van der Waals surface area contributed by atoms with E-state index in [0.717, 1.165) is 51.5 Å². The lowest BCUT2D eigenvalue weighted by molar-refractivity contribution is -0.157. The summed E-state index contributed by atoms with van der Waals surface area (Å²) in [6.07, 6.45) is 1.39. The zero-order valence-electron chi connectivity index (χ0n) is 14.8. The number of rotatable bonds is 5. The summed E-state index contributed by atoms with van der Waals surface area (Å²) in [6, 6.07) is 6.13. The molecule has 0 amide bonds. The minimum atomic E-state index is -0.499. The fraction of sp³-hybridized carbons (Fsp3) is 0.684. The molecule has 1 N–H and O–H groups in total. The number of hydrogen-bond acceptors (Lipinski definition) is 5. The first-order chi connectivity index (χ1) is 11.5. The SMILES string of the molecule is Cc1cc(C)cc(OCC(O)CN2CCOC3(CCOCC3)C2)c1. The number of hydrogen-bond donors (Lipinski definition) is 1. The van der Waals surface area contributed by atoms with Gasteiger partial charge in [0.15, 0.2) is 0 Å². The Labute approximate surface area is 144 Å². The summed E-state index contributed by atoms with van der Waals surface area (Å²) in [5, 5.41) is 10.4. The van der Waals surface area contributed by atoms with Crippen molar-refractivity contribution in [2.24, 2.45) is 0 Å². The van der Waals surface area contributed by atoms with E-state index < -0.39 is 6.10 Å². The summed E-state index contributed by atoms with van der Waals surface area (Å²) in [6.45, 7) is 9.05. The van der Waals surface area contributed by atoms with Crippen molar-refractivity contribution in [3.8, 4) is 5.75 Å². The van der Waals surface area contributed by atoms with E-state index in [4.69, 9.17) is 14.2 Å². The van der Waals surface area contributed by atoms with Gasteiger partial charge in [-0.25, -0.2) is 0 Å². The highest BCUT2D eigenvalue weighted by atomic mass is 16.5. The first-order valence-electron chi connectivity index (χ1n) is 8.88. The standard InChI is InChI=1S/C19H29NO4/c1-15-9-16(2)11-18(10-15)23-13-17(21)12-20-5-8-24-19(14-20)3-6-22-7-4-19/h9-11,17,21H,3-8,12-14H2,1-2H3. The molecule has 2 aliphatic rings. The summed E-state index contributed by atoms with van der Waals surface area (Å²) in [5.41, 5.74) is 2.27. The first-order valence-corrected chi connectivity index (χ1v) is 8.88. The van der Waals surface area contributed by atoms with E-state index in [1.165, 1.54) is 11.1 Å². The molecule has 2 heterocycles. The number of benzene rings is 1. The molecule has 0 saturated carbocycles. The van der Waals surface area contributed by atoms with Crippen molar-refractivity contribution in [2.45, 2.75) is 38.4 Å². The van der Waals surface area contributed by atoms with E-state index in [1.54, 1.807) is 0 Å². The molecular formula is C19H29NO4. The second kappa shape index (κ2) is 7.83.